The number of fused-ring (bicyclic) bond motifs is 1. The third-order valence-corrected chi connectivity index (χ3v) is 4.58. The highest BCUT2D eigenvalue weighted by Crippen LogP contribution is 2.26. The number of non-ortho nitro benzene ring substituents is 1. The number of likely N-dealkylation sites (tertiary alicyclic amines) is 1. The van der Waals surface area contributed by atoms with Gasteiger partial charge < -0.3 is 14.7 Å². The van der Waals surface area contributed by atoms with Crippen molar-refractivity contribution in [1.82, 2.24) is 15.1 Å². The van der Waals surface area contributed by atoms with Crippen molar-refractivity contribution >= 4 is 22.5 Å². The number of methoxy groups -OCH3 is 1. The first-order valence-corrected chi connectivity index (χ1v) is 8.07. The quantitative estimate of drug-likeness (QED) is 0.637. The summed E-state index contributed by atoms with van der Waals surface area (Å²) < 4.78 is 5.07. The van der Waals surface area contributed by atoms with Gasteiger partial charge in [-0.05, 0) is 25.3 Å². The van der Waals surface area contributed by atoms with Crippen molar-refractivity contribution in [2.75, 3.05) is 26.8 Å². The number of hydrogen-bond acceptors (Lipinski definition) is 6. The third kappa shape index (κ3) is 3.47. The van der Waals surface area contributed by atoms with E-state index in [4.69, 9.17) is 4.74 Å². The summed E-state index contributed by atoms with van der Waals surface area (Å²) in [5.74, 6) is -0.298. The minimum absolute atomic E-state index is 0.0895. The molecular weight excluding hydrogens is 328 g/mol. The van der Waals surface area contributed by atoms with Crippen LogP contribution in [0.2, 0.25) is 0 Å². The number of nitro benzene ring substituents is 1. The molecule has 1 aliphatic rings. The molecule has 25 heavy (non-hydrogen) atoms. The lowest BCUT2D eigenvalue weighted by molar-refractivity contribution is -0.384. The second kappa shape index (κ2) is 6.77. The molecule has 134 valence electrons. The number of aromatic nitrogens is 2. The zero-order chi connectivity index (χ0) is 18.0. The van der Waals surface area contributed by atoms with Crippen molar-refractivity contribution in [3.8, 4) is 0 Å². The Kier molecular flexibility index (Phi) is 4.69. The van der Waals surface area contributed by atoms with Crippen LogP contribution in [-0.4, -0.2) is 63.4 Å². The van der Waals surface area contributed by atoms with E-state index in [0.29, 0.717) is 43.3 Å². The molecule has 9 heteroatoms. The molecule has 1 fully saturated rings. The molecule has 1 unspecified atom stereocenters. The van der Waals surface area contributed by atoms with Crippen LogP contribution < -0.4 is 0 Å². The summed E-state index contributed by atoms with van der Waals surface area (Å²) in [6.07, 6.45) is 1.61. The molecule has 0 radical (unpaired) electrons. The van der Waals surface area contributed by atoms with Crippen molar-refractivity contribution < 1.29 is 19.6 Å². The minimum Gasteiger partial charge on any atom is -0.387 e. The Morgan fingerprint density at radius 3 is 3.00 bits per heavy atom. The van der Waals surface area contributed by atoms with E-state index in [1.807, 2.05) is 0 Å². The highest BCUT2D eigenvalue weighted by molar-refractivity contribution is 6.05. The maximum absolute atomic E-state index is 12.8. The van der Waals surface area contributed by atoms with E-state index in [0.717, 1.165) is 0 Å². The van der Waals surface area contributed by atoms with E-state index >= 15 is 0 Å². The maximum atomic E-state index is 12.8. The van der Waals surface area contributed by atoms with Gasteiger partial charge in [0.15, 0.2) is 5.69 Å². The molecule has 0 saturated carbocycles. The topological polar surface area (TPSA) is 122 Å². The number of benzene rings is 1. The molecule has 2 N–H and O–H groups in total. The summed E-state index contributed by atoms with van der Waals surface area (Å²) in [5.41, 5.74) is -0.292. The van der Waals surface area contributed by atoms with Gasteiger partial charge in [-0.15, -0.1) is 0 Å². The van der Waals surface area contributed by atoms with Crippen LogP contribution >= 0.6 is 0 Å². The first kappa shape index (κ1) is 17.3. The molecule has 1 aliphatic heterocycles. The van der Waals surface area contributed by atoms with E-state index in [1.54, 1.807) is 4.90 Å². The van der Waals surface area contributed by atoms with Crippen molar-refractivity contribution in [1.29, 1.82) is 0 Å². The largest absolute Gasteiger partial charge is 0.387 e. The Labute approximate surface area is 143 Å². The third-order valence-electron chi connectivity index (χ3n) is 4.58. The molecule has 1 aromatic carbocycles. The number of ether oxygens (including phenoxy) is 1. The Bertz CT molecular complexity index is 805. The molecule has 9 nitrogen and oxygen atoms in total. The second-order valence-corrected chi connectivity index (χ2v) is 6.36. The molecule has 0 spiro atoms. The van der Waals surface area contributed by atoms with Gasteiger partial charge in [-0.3, -0.25) is 20.0 Å². The lowest BCUT2D eigenvalue weighted by atomic mass is 9.96. The van der Waals surface area contributed by atoms with Gasteiger partial charge in [-0.2, -0.15) is 5.10 Å². The van der Waals surface area contributed by atoms with Crippen LogP contribution in [0.4, 0.5) is 5.69 Å². The predicted molar refractivity (Wildman–Crippen MR) is 89.3 cm³/mol. The maximum Gasteiger partial charge on any atom is 0.274 e. The summed E-state index contributed by atoms with van der Waals surface area (Å²) in [7, 11) is 1.54. The van der Waals surface area contributed by atoms with Gasteiger partial charge in [0.25, 0.3) is 11.6 Å². The van der Waals surface area contributed by atoms with Crippen molar-refractivity contribution in [3.05, 3.63) is 34.0 Å². The van der Waals surface area contributed by atoms with Crippen molar-refractivity contribution in [2.24, 2.45) is 0 Å². The highest BCUT2D eigenvalue weighted by atomic mass is 16.6. The molecule has 1 atom stereocenters. The average molecular weight is 348 g/mol. The van der Waals surface area contributed by atoms with Crippen molar-refractivity contribution in [3.63, 3.8) is 0 Å². The summed E-state index contributed by atoms with van der Waals surface area (Å²) in [5, 5.41) is 28.7. The Hall–Kier alpha value is -2.52. The fraction of sp³-hybridized carbons (Fsp3) is 0.500. The van der Waals surface area contributed by atoms with Crippen LogP contribution in [0.1, 0.15) is 29.8 Å². The van der Waals surface area contributed by atoms with Crippen LogP contribution in [0.5, 0.6) is 0 Å². The SMILES string of the molecule is COCC1(O)CCCN(C(=O)c2n[nH]c3ccc([N+](=O)[O-])cc23)CC1. The van der Waals surface area contributed by atoms with Gasteiger partial charge in [0.1, 0.15) is 0 Å². The molecule has 0 bridgehead atoms. The van der Waals surface area contributed by atoms with Gasteiger partial charge in [-0.1, -0.05) is 0 Å². The second-order valence-electron chi connectivity index (χ2n) is 6.36. The predicted octanol–water partition coefficient (Wildman–Crippen LogP) is 1.47. The number of carbonyl (C=O) groups excluding carboxylic acids is 1. The van der Waals surface area contributed by atoms with Crippen molar-refractivity contribution in [2.45, 2.75) is 24.9 Å². The number of nitro groups is 1. The number of nitrogens with one attached hydrogen (secondary N) is 1. The van der Waals surface area contributed by atoms with Gasteiger partial charge >= 0.3 is 0 Å². The van der Waals surface area contributed by atoms with Crippen LogP contribution in [0.3, 0.4) is 0 Å². The molecule has 0 aliphatic carbocycles. The number of amides is 1. The molecule has 1 aromatic heterocycles. The molecular formula is C16H20N4O5. The van der Waals surface area contributed by atoms with E-state index in [1.165, 1.54) is 25.3 Å². The van der Waals surface area contributed by atoms with E-state index < -0.39 is 10.5 Å². The summed E-state index contributed by atoms with van der Waals surface area (Å²) in [6, 6.07) is 4.26. The summed E-state index contributed by atoms with van der Waals surface area (Å²) >= 11 is 0. The molecule has 3 rings (SSSR count). The number of aromatic amines is 1. The minimum atomic E-state index is -0.934. The number of hydrogen-bond donors (Lipinski definition) is 2. The summed E-state index contributed by atoms with van der Waals surface area (Å²) in [4.78, 5) is 24.9. The fourth-order valence-electron chi connectivity index (χ4n) is 3.22. The van der Waals surface area contributed by atoms with Gasteiger partial charge in [0.2, 0.25) is 0 Å². The zero-order valence-electron chi connectivity index (χ0n) is 13.9. The van der Waals surface area contributed by atoms with E-state index in [2.05, 4.69) is 10.2 Å². The molecule has 2 aromatic rings. The molecule has 1 amide bonds. The monoisotopic (exact) mass is 348 g/mol. The Morgan fingerprint density at radius 1 is 1.48 bits per heavy atom. The molecule has 1 saturated heterocycles. The van der Waals surface area contributed by atoms with Gasteiger partial charge in [-0.25, -0.2) is 0 Å². The summed E-state index contributed by atoms with van der Waals surface area (Å²) in [6.45, 7) is 1.10. The van der Waals surface area contributed by atoms with Crippen LogP contribution in [0.25, 0.3) is 10.9 Å². The normalized spacial score (nSPS) is 21.3. The fourth-order valence-corrected chi connectivity index (χ4v) is 3.22. The first-order valence-electron chi connectivity index (χ1n) is 8.07. The number of H-pyrrole nitrogens is 1. The molecule has 2 heterocycles. The lowest BCUT2D eigenvalue weighted by Crippen LogP contribution is -2.37. The van der Waals surface area contributed by atoms with Crippen LogP contribution in [0, 0.1) is 10.1 Å². The smallest absolute Gasteiger partial charge is 0.274 e. The number of rotatable bonds is 4. The highest BCUT2D eigenvalue weighted by Gasteiger charge is 2.32. The standard InChI is InChI=1S/C16H20N4O5/c1-25-10-16(22)5-2-7-19(8-6-16)15(21)14-12-9-11(20(23)24)3-4-13(12)17-18-14/h3-4,9,22H,2,5-8,10H2,1H3,(H,17,18). The van der Waals surface area contributed by atoms with Gasteiger partial charge in [0.05, 0.1) is 22.6 Å². The van der Waals surface area contributed by atoms with Gasteiger partial charge in [0, 0.05) is 37.7 Å². The van der Waals surface area contributed by atoms with E-state index in [9.17, 15) is 20.0 Å². The van der Waals surface area contributed by atoms with E-state index in [-0.39, 0.29) is 23.9 Å². The zero-order valence-corrected chi connectivity index (χ0v) is 13.9. The van der Waals surface area contributed by atoms with Crippen LogP contribution in [-0.2, 0) is 4.74 Å². The Morgan fingerprint density at radius 2 is 2.28 bits per heavy atom. The average Bonchev–Trinajstić information content (AvgIpc) is 2.90. The Balaban J connectivity index is 1.84. The van der Waals surface area contributed by atoms with Crippen LogP contribution in [0.15, 0.2) is 18.2 Å². The first-order chi connectivity index (χ1) is 11.9. The number of carbonyl (C=O) groups is 1. The lowest BCUT2D eigenvalue weighted by Gasteiger charge is -2.25. The number of aliphatic hydroxyl groups is 1. The number of nitrogens with zero attached hydrogens (tertiary/aromatic N) is 3.